The van der Waals surface area contributed by atoms with Gasteiger partial charge in [-0.1, -0.05) is 48.3 Å². The lowest BCUT2D eigenvalue weighted by Gasteiger charge is -2.21. The van der Waals surface area contributed by atoms with Crippen LogP contribution in [-0.4, -0.2) is 0 Å². The molecule has 0 atom stereocenters. The summed E-state index contributed by atoms with van der Waals surface area (Å²) in [5.74, 6) is 11.3. The van der Waals surface area contributed by atoms with Gasteiger partial charge in [0.1, 0.15) is 11.6 Å². The Bertz CT molecular complexity index is 932. The maximum atomic E-state index is 14.4. The number of aryl methyl sites for hydroxylation is 2. The highest BCUT2D eigenvalue weighted by atomic mass is 19.1. The van der Waals surface area contributed by atoms with E-state index in [2.05, 4.69) is 30.6 Å². The lowest BCUT2D eigenvalue weighted by Crippen LogP contribution is -2.10. The van der Waals surface area contributed by atoms with E-state index in [9.17, 15) is 8.78 Å². The molecule has 0 radical (unpaired) electrons. The highest BCUT2D eigenvalue weighted by Gasteiger charge is 2.16. The average Bonchev–Trinajstić information content (AvgIpc) is 2.62. The van der Waals surface area contributed by atoms with Crippen LogP contribution >= 0.6 is 0 Å². The molecule has 0 amide bonds. The Morgan fingerprint density at radius 1 is 0.852 bits per heavy atom. The number of halogens is 2. The van der Waals surface area contributed by atoms with E-state index in [1.807, 2.05) is 32.0 Å². The van der Waals surface area contributed by atoms with Gasteiger partial charge >= 0.3 is 0 Å². The second-order valence-corrected chi connectivity index (χ2v) is 7.61. The van der Waals surface area contributed by atoms with E-state index in [1.165, 1.54) is 12.1 Å². The van der Waals surface area contributed by atoms with Crippen molar-refractivity contribution in [2.75, 3.05) is 0 Å². The van der Waals surface area contributed by atoms with Crippen LogP contribution in [0.15, 0.2) is 30.3 Å². The van der Waals surface area contributed by atoms with Crippen LogP contribution in [0.2, 0.25) is 0 Å². The third-order valence-electron chi connectivity index (χ3n) is 5.18. The smallest absolute Gasteiger partial charge is 0.143 e. The Balaban J connectivity index is 1.81. The SMILES string of the molecule is Cc1ccc(C#Cc2cc(F)c(C#CC3CCC(C)CC3)c(F)c2)c(C)c1. The molecule has 2 aromatic carbocycles. The molecule has 1 saturated carbocycles. The molecule has 0 aliphatic heterocycles. The molecule has 2 heteroatoms. The van der Waals surface area contributed by atoms with Gasteiger partial charge < -0.3 is 0 Å². The molecule has 0 nitrogen and oxygen atoms in total. The zero-order chi connectivity index (χ0) is 19.4. The summed E-state index contributed by atoms with van der Waals surface area (Å²) >= 11 is 0. The minimum Gasteiger partial charge on any atom is -0.205 e. The summed E-state index contributed by atoms with van der Waals surface area (Å²) in [7, 11) is 0. The third kappa shape index (κ3) is 4.99. The quantitative estimate of drug-likeness (QED) is 0.492. The Morgan fingerprint density at radius 2 is 1.52 bits per heavy atom. The van der Waals surface area contributed by atoms with Gasteiger partial charge in [-0.3, -0.25) is 0 Å². The fourth-order valence-electron chi connectivity index (χ4n) is 3.44. The molecular weight excluding hydrogens is 338 g/mol. The van der Waals surface area contributed by atoms with Gasteiger partial charge in [-0.15, -0.1) is 0 Å². The van der Waals surface area contributed by atoms with Crippen molar-refractivity contribution in [3.05, 3.63) is 69.8 Å². The first-order valence-electron chi connectivity index (χ1n) is 9.52. The van der Waals surface area contributed by atoms with Crippen molar-refractivity contribution in [2.24, 2.45) is 11.8 Å². The van der Waals surface area contributed by atoms with Crippen LogP contribution in [0, 0.1) is 61.0 Å². The third-order valence-corrected chi connectivity index (χ3v) is 5.18. The fourth-order valence-corrected chi connectivity index (χ4v) is 3.44. The van der Waals surface area contributed by atoms with Crippen LogP contribution in [0.1, 0.15) is 60.4 Å². The molecule has 138 valence electrons. The van der Waals surface area contributed by atoms with E-state index in [4.69, 9.17) is 0 Å². The van der Waals surface area contributed by atoms with Crippen molar-refractivity contribution >= 4 is 0 Å². The molecule has 3 rings (SSSR count). The second kappa shape index (κ2) is 8.41. The summed E-state index contributed by atoms with van der Waals surface area (Å²) in [4.78, 5) is 0. The van der Waals surface area contributed by atoms with E-state index >= 15 is 0 Å². The van der Waals surface area contributed by atoms with Crippen molar-refractivity contribution in [1.29, 1.82) is 0 Å². The summed E-state index contributed by atoms with van der Waals surface area (Å²) < 4.78 is 28.7. The van der Waals surface area contributed by atoms with Crippen LogP contribution in [0.25, 0.3) is 0 Å². The van der Waals surface area contributed by atoms with Crippen molar-refractivity contribution < 1.29 is 8.78 Å². The van der Waals surface area contributed by atoms with E-state index in [-0.39, 0.29) is 11.5 Å². The van der Waals surface area contributed by atoms with Crippen LogP contribution in [0.3, 0.4) is 0 Å². The second-order valence-electron chi connectivity index (χ2n) is 7.61. The summed E-state index contributed by atoms with van der Waals surface area (Å²) in [6, 6.07) is 8.48. The van der Waals surface area contributed by atoms with Gasteiger partial charge in [-0.25, -0.2) is 8.78 Å². The fraction of sp³-hybridized carbons (Fsp3) is 0.360. The van der Waals surface area contributed by atoms with E-state index in [0.29, 0.717) is 5.56 Å². The first kappa shape index (κ1) is 19.2. The van der Waals surface area contributed by atoms with Crippen molar-refractivity contribution in [1.82, 2.24) is 0 Å². The van der Waals surface area contributed by atoms with Crippen LogP contribution in [0.4, 0.5) is 8.78 Å². The molecule has 1 aliphatic rings. The van der Waals surface area contributed by atoms with Crippen LogP contribution in [0.5, 0.6) is 0 Å². The Morgan fingerprint density at radius 3 is 2.15 bits per heavy atom. The first-order chi connectivity index (χ1) is 12.9. The standard InChI is InChI=1S/C25H24F2/c1-17-4-7-20(8-5-17)10-13-23-24(26)15-21(16-25(23)27)9-12-22-11-6-18(2)14-19(22)3/h6,11,14-17,20H,4-5,7-8H2,1-3H3. The van der Waals surface area contributed by atoms with Crippen molar-refractivity contribution in [3.63, 3.8) is 0 Å². The number of benzene rings is 2. The van der Waals surface area contributed by atoms with Gasteiger partial charge in [-0.05, 0) is 69.2 Å². The molecule has 0 aromatic heterocycles. The highest BCUT2D eigenvalue weighted by molar-refractivity contribution is 5.49. The lowest BCUT2D eigenvalue weighted by molar-refractivity contribution is 0.337. The maximum absolute atomic E-state index is 14.4. The van der Waals surface area contributed by atoms with E-state index in [0.717, 1.165) is 48.3 Å². The zero-order valence-corrected chi connectivity index (χ0v) is 16.1. The number of hydrogen-bond donors (Lipinski definition) is 0. The lowest BCUT2D eigenvalue weighted by atomic mass is 9.83. The summed E-state index contributed by atoms with van der Waals surface area (Å²) in [5, 5.41) is 0. The van der Waals surface area contributed by atoms with Crippen LogP contribution < -0.4 is 0 Å². The van der Waals surface area contributed by atoms with Gasteiger partial charge in [0.25, 0.3) is 0 Å². The highest BCUT2D eigenvalue weighted by Crippen LogP contribution is 2.28. The number of rotatable bonds is 0. The topological polar surface area (TPSA) is 0 Å². The molecular formula is C25H24F2. The first-order valence-corrected chi connectivity index (χ1v) is 9.52. The largest absolute Gasteiger partial charge is 0.205 e. The molecule has 1 aliphatic carbocycles. The molecule has 0 saturated heterocycles. The van der Waals surface area contributed by atoms with E-state index in [1.54, 1.807) is 0 Å². The molecule has 27 heavy (non-hydrogen) atoms. The normalized spacial score (nSPS) is 18.9. The molecule has 0 N–H and O–H groups in total. The monoisotopic (exact) mass is 362 g/mol. The Kier molecular flexibility index (Phi) is 5.98. The zero-order valence-electron chi connectivity index (χ0n) is 16.1. The maximum Gasteiger partial charge on any atom is 0.143 e. The van der Waals surface area contributed by atoms with Crippen LogP contribution in [-0.2, 0) is 0 Å². The molecule has 0 unspecified atom stereocenters. The van der Waals surface area contributed by atoms with Gasteiger partial charge in [0.15, 0.2) is 0 Å². The molecule has 0 spiro atoms. The Labute approximate surface area is 161 Å². The summed E-state index contributed by atoms with van der Waals surface area (Å²) in [6.45, 7) is 6.23. The van der Waals surface area contributed by atoms with Crippen molar-refractivity contribution in [3.8, 4) is 23.7 Å². The molecule has 0 heterocycles. The van der Waals surface area contributed by atoms with Gasteiger partial charge in [-0.2, -0.15) is 0 Å². The molecule has 2 aromatic rings. The minimum atomic E-state index is -0.642. The van der Waals surface area contributed by atoms with Gasteiger partial charge in [0.05, 0.1) is 5.56 Å². The predicted molar refractivity (Wildman–Crippen MR) is 106 cm³/mol. The predicted octanol–water partition coefficient (Wildman–Crippen LogP) is 6.16. The summed E-state index contributed by atoms with van der Waals surface area (Å²) in [6.07, 6.45) is 4.29. The Hall–Kier alpha value is -2.58. The molecule has 0 bridgehead atoms. The van der Waals surface area contributed by atoms with Crippen molar-refractivity contribution in [2.45, 2.75) is 46.5 Å². The van der Waals surface area contributed by atoms with Gasteiger partial charge in [0.2, 0.25) is 0 Å². The molecule has 1 fully saturated rings. The average molecular weight is 362 g/mol. The van der Waals surface area contributed by atoms with Gasteiger partial charge in [0, 0.05) is 17.0 Å². The summed E-state index contributed by atoms with van der Waals surface area (Å²) in [5.41, 5.74) is 3.24. The minimum absolute atomic E-state index is 0.148. The van der Waals surface area contributed by atoms with E-state index < -0.39 is 11.6 Å². The number of hydrogen-bond acceptors (Lipinski definition) is 0.